The van der Waals surface area contributed by atoms with Crippen LogP contribution < -0.4 is 10.4 Å². The van der Waals surface area contributed by atoms with Crippen molar-refractivity contribution in [3.8, 4) is 5.75 Å². The molecule has 0 aliphatic rings. The van der Waals surface area contributed by atoms with E-state index in [9.17, 15) is 18.4 Å². The molecular formula is C23H22F2O5. The highest BCUT2D eigenvalue weighted by molar-refractivity contribution is 5.85. The zero-order valence-electron chi connectivity index (χ0n) is 17.0. The first kappa shape index (κ1) is 21.5. The molecule has 3 rings (SSSR count). The molecular weight excluding hydrogens is 394 g/mol. The molecule has 0 atom stereocenters. The van der Waals surface area contributed by atoms with E-state index in [2.05, 4.69) is 0 Å². The molecule has 30 heavy (non-hydrogen) atoms. The number of halogens is 2. The molecule has 0 aliphatic heterocycles. The molecule has 5 nitrogen and oxygen atoms in total. The number of hydrogen-bond acceptors (Lipinski definition) is 5. The number of benzene rings is 2. The van der Waals surface area contributed by atoms with Crippen LogP contribution in [0.5, 0.6) is 5.75 Å². The molecule has 158 valence electrons. The Morgan fingerprint density at radius 2 is 1.73 bits per heavy atom. The van der Waals surface area contributed by atoms with Gasteiger partial charge in [0, 0.05) is 22.9 Å². The Bertz CT molecular complexity index is 1130. The molecule has 7 heteroatoms. The number of aryl methyl sites for hydroxylation is 2. The van der Waals surface area contributed by atoms with E-state index in [0.29, 0.717) is 33.4 Å². The maximum Gasteiger partial charge on any atom is 0.339 e. The van der Waals surface area contributed by atoms with E-state index in [4.69, 9.17) is 13.9 Å². The standard InChI is InChI=1S/C23H22F2O5/c1-4-28-21(26)11-9-16-13(2)15-8-10-20(14(3)22(15)30-23(16)27)29-12-17-18(24)6-5-7-19(17)25/h5-8,10H,4,9,11-12H2,1-3H3. The van der Waals surface area contributed by atoms with Crippen LogP contribution in [0.2, 0.25) is 0 Å². The highest BCUT2D eigenvalue weighted by atomic mass is 19.1. The minimum Gasteiger partial charge on any atom is -0.488 e. The lowest BCUT2D eigenvalue weighted by molar-refractivity contribution is -0.143. The predicted octanol–water partition coefficient (Wildman–Crippen LogP) is 4.76. The third kappa shape index (κ3) is 4.35. The normalized spacial score (nSPS) is 11.0. The van der Waals surface area contributed by atoms with Crippen LogP contribution in [0, 0.1) is 25.5 Å². The van der Waals surface area contributed by atoms with Crippen molar-refractivity contribution in [2.45, 2.75) is 40.2 Å². The van der Waals surface area contributed by atoms with Gasteiger partial charge < -0.3 is 13.9 Å². The Morgan fingerprint density at radius 3 is 2.40 bits per heavy atom. The summed E-state index contributed by atoms with van der Waals surface area (Å²) in [6.07, 6.45) is 0.298. The number of fused-ring (bicyclic) bond motifs is 1. The van der Waals surface area contributed by atoms with Gasteiger partial charge in [-0.05, 0) is 57.0 Å². The average molecular weight is 416 g/mol. The molecule has 2 aromatic carbocycles. The van der Waals surface area contributed by atoms with E-state index < -0.39 is 17.3 Å². The molecule has 0 spiro atoms. The van der Waals surface area contributed by atoms with Crippen molar-refractivity contribution in [2.24, 2.45) is 0 Å². The van der Waals surface area contributed by atoms with E-state index >= 15 is 0 Å². The zero-order chi connectivity index (χ0) is 21.8. The summed E-state index contributed by atoms with van der Waals surface area (Å²) in [7, 11) is 0. The summed E-state index contributed by atoms with van der Waals surface area (Å²) in [6.45, 7) is 5.19. The minimum absolute atomic E-state index is 0.0827. The molecule has 1 heterocycles. The van der Waals surface area contributed by atoms with Crippen molar-refractivity contribution in [1.29, 1.82) is 0 Å². The second-order valence-electron chi connectivity index (χ2n) is 6.85. The second kappa shape index (κ2) is 9.07. The highest BCUT2D eigenvalue weighted by Crippen LogP contribution is 2.30. The van der Waals surface area contributed by atoms with Gasteiger partial charge in [-0.1, -0.05) is 6.07 Å². The number of carbonyl (C=O) groups excluding carboxylic acids is 1. The summed E-state index contributed by atoms with van der Waals surface area (Å²) in [5, 5.41) is 0.704. The average Bonchev–Trinajstić information content (AvgIpc) is 2.69. The van der Waals surface area contributed by atoms with Crippen LogP contribution in [0.25, 0.3) is 11.0 Å². The summed E-state index contributed by atoms with van der Waals surface area (Å²) >= 11 is 0. The second-order valence-corrected chi connectivity index (χ2v) is 6.85. The van der Waals surface area contributed by atoms with Gasteiger partial charge in [0.2, 0.25) is 0 Å². The van der Waals surface area contributed by atoms with Gasteiger partial charge in [-0.2, -0.15) is 0 Å². The number of ether oxygens (including phenoxy) is 2. The molecule has 0 unspecified atom stereocenters. The SMILES string of the molecule is CCOC(=O)CCc1c(C)c2ccc(OCc3c(F)cccc3F)c(C)c2oc1=O. The Labute approximate surface area is 172 Å². The monoisotopic (exact) mass is 416 g/mol. The summed E-state index contributed by atoms with van der Waals surface area (Å²) in [6, 6.07) is 7.00. The third-order valence-electron chi connectivity index (χ3n) is 4.97. The highest BCUT2D eigenvalue weighted by Gasteiger charge is 2.17. The van der Waals surface area contributed by atoms with Crippen molar-refractivity contribution in [3.63, 3.8) is 0 Å². The van der Waals surface area contributed by atoms with Crippen molar-refractivity contribution in [3.05, 3.63) is 74.6 Å². The smallest absolute Gasteiger partial charge is 0.339 e. The minimum atomic E-state index is -0.693. The Balaban J connectivity index is 1.90. The van der Waals surface area contributed by atoms with Crippen LogP contribution in [0.4, 0.5) is 8.78 Å². The Kier molecular flexibility index (Phi) is 6.50. The maximum atomic E-state index is 13.8. The number of rotatable bonds is 7. The molecule has 3 aromatic rings. The van der Waals surface area contributed by atoms with Crippen molar-refractivity contribution in [2.75, 3.05) is 6.61 Å². The van der Waals surface area contributed by atoms with Gasteiger partial charge in [-0.25, -0.2) is 13.6 Å². The summed E-state index contributed by atoms with van der Waals surface area (Å²) in [5.41, 5.74) is 1.29. The Morgan fingerprint density at radius 1 is 1.03 bits per heavy atom. The fourth-order valence-electron chi connectivity index (χ4n) is 3.30. The fraction of sp³-hybridized carbons (Fsp3) is 0.304. The lowest BCUT2D eigenvalue weighted by Gasteiger charge is -2.14. The number of carbonyl (C=O) groups is 1. The lowest BCUT2D eigenvalue weighted by atomic mass is 10.0. The molecule has 0 N–H and O–H groups in total. The van der Waals surface area contributed by atoms with Gasteiger partial charge in [0.15, 0.2) is 0 Å². The molecule has 0 radical (unpaired) electrons. The first-order valence-corrected chi connectivity index (χ1v) is 9.60. The molecule has 0 fully saturated rings. The maximum absolute atomic E-state index is 13.8. The van der Waals surface area contributed by atoms with Crippen molar-refractivity contribution >= 4 is 16.9 Å². The van der Waals surface area contributed by atoms with Gasteiger partial charge in [-0.15, -0.1) is 0 Å². The van der Waals surface area contributed by atoms with Gasteiger partial charge in [0.1, 0.15) is 29.6 Å². The van der Waals surface area contributed by atoms with E-state index in [1.165, 1.54) is 6.07 Å². The number of esters is 1. The first-order chi connectivity index (χ1) is 14.3. The van der Waals surface area contributed by atoms with Crippen LogP contribution in [-0.2, 0) is 22.6 Å². The molecule has 0 saturated heterocycles. The van der Waals surface area contributed by atoms with Gasteiger partial charge in [-0.3, -0.25) is 4.79 Å². The summed E-state index contributed by atoms with van der Waals surface area (Å²) in [5.74, 6) is -1.41. The van der Waals surface area contributed by atoms with E-state index in [0.717, 1.165) is 12.1 Å². The molecule has 0 saturated carbocycles. The molecule has 0 bridgehead atoms. The van der Waals surface area contributed by atoms with Crippen LogP contribution in [-0.4, -0.2) is 12.6 Å². The Hall–Kier alpha value is -3.22. The predicted molar refractivity (Wildman–Crippen MR) is 108 cm³/mol. The topological polar surface area (TPSA) is 65.7 Å². The molecule has 0 aliphatic carbocycles. The van der Waals surface area contributed by atoms with E-state index in [1.54, 1.807) is 32.9 Å². The van der Waals surface area contributed by atoms with Crippen molar-refractivity contribution in [1.82, 2.24) is 0 Å². The van der Waals surface area contributed by atoms with E-state index in [-0.39, 0.29) is 37.6 Å². The lowest BCUT2D eigenvalue weighted by Crippen LogP contribution is -2.14. The van der Waals surface area contributed by atoms with Gasteiger partial charge >= 0.3 is 11.6 Å². The van der Waals surface area contributed by atoms with Crippen molar-refractivity contribution < 1.29 is 27.5 Å². The van der Waals surface area contributed by atoms with Gasteiger partial charge in [0.25, 0.3) is 0 Å². The van der Waals surface area contributed by atoms with Crippen LogP contribution in [0.15, 0.2) is 39.5 Å². The largest absolute Gasteiger partial charge is 0.488 e. The summed E-state index contributed by atoms with van der Waals surface area (Å²) < 4.78 is 43.7. The molecule has 0 amide bonds. The zero-order valence-corrected chi connectivity index (χ0v) is 17.0. The third-order valence-corrected chi connectivity index (χ3v) is 4.97. The van der Waals surface area contributed by atoms with Crippen LogP contribution in [0.3, 0.4) is 0 Å². The van der Waals surface area contributed by atoms with E-state index in [1.807, 2.05) is 0 Å². The quantitative estimate of drug-likeness (QED) is 0.410. The summed E-state index contributed by atoms with van der Waals surface area (Å²) in [4.78, 5) is 24.1. The number of hydrogen-bond donors (Lipinski definition) is 0. The fourth-order valence-corrected chi connectivity index (χ4v) is 3.30. The molecule has 1 aromatic heterocycles. The van der Waals surface area contributed by atoms with Crippen LogP contribution >= 0.6 is 0 Å². The van der Waals surface area contributed by atoms with Gasteiger partial charge in [0.05, 0.1) is 12.2 Å². The van der Waals surface area contributed by atoms with Crippen LogP contribution in [0.1, 0.15) is 35.6 Å². The first-order valence-electron chi connectivity index (χ1n) is 9.60.